The summed E-state index contributed by atoms with van der Waals surface area (Å²) >= 11 is 0. The van der Waals surface area contributed by atoms with E-state index < -0.39 is 0 Å². The van der Waals surface area contributed by atoms with Crippen molar-refractivity contribution in [3.8, 4) is 0 Å². The lowest BCUT2D eigenvalue weighted by Crippen LogP contribution is -3.28. The molecule has 1 aliphatic heterocycles. The van der Waals surface area contributed by atoms with Crippen LogP contribution in [0.1, 0.15) is 18.5 Å². The normalized spacial score (nSPS) is 26.7. The number of piperazine rings is 1. The van der Waals surface area contributed by atoms with Gasteiger partial charge in [0.05, 0.1) is 6.54 Å². The summed E-state index contributed by atoms with van der Waals surface area (Å²) in [5, 5.41) is 0. The summed E-state index contributed by atoms with van der Waals surface area (Å²) in [4.78, 5) is 3.48. The van der Waals surface area contributed by atoms with Gasteiger partial charge in [-0.25, -0.2) is 0 Å². The van der Waals surface area contributed by atoms with Gasteiger partial charge in [-0.1, -0.05) is 30.3 Å². The van der Waals surface area contributed by atoms with Crippen LogP contribution in [0.25, 0.3) is 0 Å². The van der Waals surface area contributed by atoms with E-state index in [0.29, 0.717) is 6.04 Å². The Morgan fingerprint density at radius 3 is 2.29 bits per heavy atom. The van der Waals surface area contributed by atoms with Gasteiger partial charge in [-0.15, -0.1) is 0 Å². The fourth-order valence-electron chi connectivity index (χ4n) is 2.92. The third kappa shape index (κ3) is 3.06. The van der Waals surface area contributed by atoms with Gasteiger partial charge in [0, 0.05) is 5.56 Å². The van der Waals surface area contributed by atoms with Crippen LogP contribution < -0.4 is 15.5 Å². The van der Waals surface area contributed by atoms with E-state index in [1.54, 1.807) is 9.80 Å². The Labute approximate surface area is 104 Å². The molecule has 0 unspecified atom stereocenters. The van der Waals surface area contributed by atoms with E-state index in [2.05, 4.69) is 43.0 Å². The first kappa shape index (κ1) is 12.6. The van der Waals surface area contributed by atoms with Crippen molar-refractivity contribution in [2.45, 2.75) is 13.0 Å². The lowest BCUT2D eigenvalue weighted by atomic mass is 10.0. The van der Waals surface area contributed by atoms with Crippen molar-refractivity contribution in [3.63, 3.8) is 0 Å². The molecule has 3 nitrogen and oxygen atoms in total. The third-order valence-corrected chi connectivity index (χ3v) is 4.08. The van der Waals surface area contributed by atoms with Gasteiger partial charge in [-0.2, -0.15) is 0 Å². The molecule has 0 bridgehead atoms. The number of quaternary nitrogens is 3. The first-order valence-corrected chi connectivity index (χ1v) is 6.87. The summed E-state index contributed by atoms with van der Waals surface area (Å²) < 4.78 is 0. The van der Waals surface area contributed by atoms with Crippen LogP contribution in [0.3, 0.4) is 0 Å². The lowest BCUT2D eigenvalue weighted by molar-refractivity contribution is -1.03. The van der Waals surface area contributed by atoms with Gasteiger partial charge in [0.25, 0.3) is 0 Å². The topological polar surface area (TPSA) is 36.5 Å². The third-order valence-electron chi connectivity index (χ3n) is 4.08. The summed E-state index contributed by atoms with van der Waals surface area (Å²) in [5.74, 6) is 0. The molecule has 1 saturated heterocycles. The zero-order chi connectivity index (χ0) is 12.1. The van der Waals surface area contributed by atoms with E-state index in [9.17, 15) is 0 Å². The van der Waals surface area contributed by atoms with Gasteiger partial charge in [-0.3, -0.25) is 0 Å². The first-order chi connectivity index (χ1) is 8.35. The molecule has 0 aromatic heterocycles. The van der Waals surface area contributed by atoms with E-state index in [-0.39, 0.29) is 0 Å². The van der Waals surface area contributed by atoms with Crippen LogP contribution in [0.2, 0.25) is 0 Å². The number of rotatable bonds is 4. The molecule has 0 spiro atoms. The van der Waals surface area contributed by atoms with E-state index in [1.807, 2.05) is 0 Å². The van der Waals surface area contributed by atoms with Crippen LogP contribution in [-0.4, -0.2) is 39.3 Å². The Bertz CT molecular complexity index is 317. The quantitative estimate of drug-likeness (QED) is 0.529. The van der Waals surface area contributed by atoms with Gasteiger partial charge in [0.1, 0.15) is 32.7 Å². The highest BCUT2D eigenvalue weighted by Crippen LogP contribution is 2.06. The predicted octanol–water partition coefficient (Wildman–Crippen LogP) is -2.23. The van der Waals surface area contributed by atoms with Crippen molar-refractivity contribution in [2.75, 3.05) is 39.3 Å². The minimum absolute atomic E-state index is 0.592. The average Bonchev–Trinajstić information content (AvgIpc) is 2.42. The molecule has 0 saturated carbocycles. The zero-order valence-electron chi connectivity index (χ0n) is 10.9. The number of likely N-dealkylation sites (N-methyl/N-ethyl adjacent to an activating group) is 1. The molecular formula is C14H26N3+3. The largest absolute Gasteiger partial charge is 0.352 e. The van der Waals surface area contributed by atoms with E-state index in [1.165, 1.54) is 38.3 Å². The molecule has 1 fully saturated rings. The molecule has 0 amide bonds. The van der Waals surface area contributed by atoms with Gasteiger partial charge in [-0.05, 0) is 6.92 Å². The molecule has 94 valence electrons. The Morgan fingerprint density at radius 2 is 1.76 bits per heavy atom. The van der Waals surface area contributed by atoms with Crippen molar-refractivity contribution in [2.24, 2.45) is 0 Å². The molecule has 1 aromatic carbocycles. The SMILES string of the molecule is CC[NH+]1CC[NH+]([C@H](C[NH3+])c2ccccc2)CC1. The Kier molecular flexibility index (Phi) is 4.54. The van der Waals surface area contributed by atoms with Crippen LogP contribution in [0.4, 0.5) is 0 Å². The molecule has 0 radical (unpaired) electrons. The molecule has 1 atom stereocenters. The molecule has 17 heavy (non-hydrogen) atoms. The van der Waals surface area contributed by atoms with Crippen LogP contribution in [0, 0.1) is 0 Å². The van der Waals surface area contributed by atoms with Crippen LogP contribution in [-0.2, 0) is 0 Å². The maximum absolute atomic E-state index is 4.15. The summed E-state index contributed by atoms with van der Waals surface area (Å²) in [6.45, 7) is 9.77. The van der Waals surface area contributed by atoms with Gasteiger partial charge >= 0.3 is 0 Å². The predicted molar refractivity (Wildman–Crippen MR) is 68.9 cm³/mol. The molecule has 2 rings (SSSR count). The van der Waals surface area contributed by atoms with Gasteiger partial charge in [0.2, 0.25) is 0 Å². The second kappa shape index (κ2) is 6.15. The summed E-state index contributed by atoms with van der Waals surface area (Å²) in [6, 6.07) is 11.5. The van der Waals surface area contributed by atoms with E-state index >= 15 is 0 Å². The molecule has 1 aliphatic rings. The van der Waals surface area contributed by atoms with Crippen molar-refractivity contribution < 1.29 is 15.5 Å². The summed E-state index contributed by atoms with van der Waals surface area (Å²) in [5.41, 5.74) is 5.61. The van der Waals surface area contributed by atoms with E-state index in [4.69, 9.17) is 0 Å². The van der Waals surface area contributed by atoms with Gasteiger partial charge < -0.3 is 15.5 Å². The van der Waals surface area contributed by atoms with Crippen LogP contribution >= 0.6 is 0 Å². The molecule has 1 heterocycles. The Morgan fingerprint density at radius 1 is 1.12 bits per heavy atom. The summed E-state index contributed by atoms with van der Waals surface area (Å²) in [7, 11) is 0. The summed E-state index contributed by atoms with van der Waals surface area (Å²) in [6.07, 6.45) is 0. The fourth-order valence-corrected chi connectivity index (χ4v) is 2.92. The molecule has 1 aromatic rings. The highest BCUT2D eigenvalue weighted by atomic mass is 15.3. The number of benzene rings is 1. The Balaban J connectivity index is 2.00. The number of hydrogen-bond acceptors (Lipinski definition) is 0. The molecule has 3 heteroatoms. The number of nitrogens with one attached hydrogen (secondary N) is 2. The second-order valence-corrected chi connectivity index (χ2v) is 5.01. The second-order valence-electron chi connectivity index (χ2n) is 5.01. The van der Waals surface area contributed by atoms with Crippen molar-refractivity contribution in [1.29, 1.82) is 0 Å². The zero-order valence-corrected chi connectivity index (χ0v) is 10.9. The smallest absolute Gasteiger partial charge is 0.163 e. The highest BCUT2D eigenvalue weighted by molar-refractivity contribution is 5.17. The van der Waals surface area contributed by atoms with Gasteiger partial charge in [0.15, 0.2) is 6.04 Å². The molecule has 5 N–H and O–H groups in total. The Hall–Kier alpha value is -0.900. The first-order valence-electron chi connectivity index (χ1n) is 6.87. The van der Waals surface area contributed by atoms with Crippen LogP contribution in [0.5, 0.6) is 0 Å². The molecular weight excluding hydrogens is 210 g/mol. The lowest BCUT2D eigenvalue weighted by Gasteiger charge is -2.33. The number of hydrogen-bond donors (Lipinski definition) is 3. The van der Waals surface area contributed by atoms with Crippen molar-refractivity contribution in [3.05, 3.63) is 35.9 Å². The minimum atomic E-state index is 0.592. The maximum atomic E-state index is 4.15. The minimum Gasteiger partial charge on any atom is -0.352 e. The van der Waals surface area contributed by atoms with E-state index in [0.717, 1.165) is 6.54 Å². The molecule has 0 aliphatic carbocycles. The van der Waals surface area contributed by atoms with Crippen LogP contribution in [0.15, 0.2) is 30.3 Å². The average molecular weight is 236 g/mol. The monoisotopic (exact) mass is 236 g/mol. The van der Waals surface area contributed by atoms with Crippen molar-refractivity contribution in [1.82, 2.24) is 0 Å². The maximum Gasteiger partial charge on any atom is 0.163 e. The van der Waals surface area contributed by atoms with Crippen molar-refractivity contribution >= 4 is 0 Å². The fraction of sp³-hybridized carbons (Fsp3) is 0.571. The standard InChI is InChI=1S/C14H23N3/c1-2-16-8-10-17(11-9-16)14(12-15)13-6-4-3-5-7-13/h3-7,14H,2,8-12,15H2,1H3/p+3/t14-/m1/s1. The highest BCUT2D eigenvalue weighted by Gasteiger charge is 2.29.